The highest BCUT2D eigenvalue weighted by Crippen LogP contribution is 2.24. The lowest BCUT2D eigenvalue weighted by Crippen LogP contribution is -2.13. The molecule has 1 amide bonds. The quantitative estimate of drug-likeness (QED) is 0.798. The zero-order chi connectivity index (χ0) is 16.9. The van der Waals surface area contributed by atoms with E-state index in [4.69, 9.17) is 4.74 Å². The second-order valence-corrected chi connectivity index (χ2v) is 5.63. The maximum Gasteiger partial charge on any atom is 0.338 e. The van der Waals surface area contributed by atoms with Gasteiger partial charge in [-0.25, -0.2) is 4.79 Å². The van der Waals surface area contributed by atoms with E-state index in [2.05, 4.69) is 15.6 Å². The number of nitrogens with one attached hydrogen (secondary N) is 2. The van der Waals surface area contributed by atoms with Crippen molar-refractivity contribution < 1.29 is 14.3 Å². The lowest BCUT2D eigenvalue weighted by molar-refractivity contribution is 0.0526. The van der Waals surface area contributed by atoms with Gasteiger partial charge in [-0.15, -0.1) is 0 Å². The third-order valence-corrected chi connectivity index (χ3v) is 3.60. The number of ether oxygens (including phenoxy) is 1. The van der Waals surface area contributed by atoms with Crippen molar-refractivity contribution in [1.82, 2.24) is 4.98 Å². The van der Waals surface area contributed by atoms with E-state index < -0.39 is 0 Å². The number of carbonyl (C=O) groups is 2. The van der Waals surface area contributed by atoms with E-state index >= 15 is 0 Å². The maximum absolute atomic E-state index is 12.3. The van der Waals surface area contributed by atoms with Gasteiger partial charge in [-0.3, -0.25) is 9.78 Å². The fourth-order valence-corrected chi connectivity index (χ4v) is 2.21. The summed E-state index contributed by atoms with van der Waals surface area (Å²) in [5, 5.41) is 6.11. The van der Waals surface area contributed by atoms with E-state index in [-0.39, 0.29) is 11.9 Å². The SMILES string of the molecule is CCOC(=O)c1ccc(NC(=O)c2cncc(NC3CC3)c2)cc1. The Morgan fingerprint density at radius 2 is 1.88 bits per heavy atom. The van der Waals surface area contributed by atoms with E-state index in [9.17, 15) is 9.59 Å². The molecule has 1 saturated carbocycles. The Labute approximate surface area is 140 Å². The standard InChI is InChI=1S/C18H19N3O3/c1-2-24-18(23)12-3-5-15(6-4-12)21-17(22)13-9-16(11-19-10-13)20-14-7-8-14/h3-6,9-11,14,20H,2,7-8H2,1H3,(H,21,22). The van der Waals surface area contributed by atoms with Crippen molar-refractivity contribution in [2.75, 3.05) is 17.2 Å². The Hall–Kier alpha value is -2.89. The van der Waals surface area contributed by atoms with Crippen LogP contribution in [0.2, 0.25) is 0 Å². The van der Waals surface area contributed by atoms with E-state index in [0.29, 0.717) is 29.5 Å². The van der Waals surface area contributed by atoms with E-state index in [1.54, 1.807) is 43.5 Å². The molecule has 1 aromatic heterocycles. The van der Waals surface area contributed by atoms with E-state index in [1.807, 2.05) is 0 Å². The van der Waals surface area contributed by atoms with Crippen LogP contribution in [0.1, 0.15) is 40.5 Å². The van der Waals surface area contributed by atoms with Crippen molar-refractivity contribution >= 4 is 23.3 Å². The Bertz CT molecular complexity index is 739. The van der Waals surface area contributed by atoms with Crippen molar-refractivity contribution in [2.45, 2.75) is 25.8 Å². The molecular weight excluding hydrogens is 306 g/mol. The normalized spacial score (nSPS) is 13.2. The minimum absolute atomic E-state index is 0.245. The summed E-state index contributed by atoms with van der Waals surface area (Å²) >= 11 is 0. The summed E-state index contributed by atoms with van der Waals surface area (Å²) in [6.07, 6.45) is 5.55. The van der Waals surface area contributed by atoms with E-state index in [0.717, 1.165) is 18.5 Å². The fourth-order valence-electron chi connectivity index (χ4n) is 2.21. The molecule has 0 saturated heterocycles. The van der Waals surface area contributed by atoms with Gasteiger partial charge in [0.2, 0.25) is 0 Å². The van der Waals surface area contributed by atoms with Gasteiger partial charge in [0.05, 0.1) is 23.4 Å². The number of amides is 1. The van der Waals surface area contributed by atoms with Gasteiger partial charge in [-0.2, -0.15) is 0 Å². The Kier molecular flexibility index (Phi) is 4.74. The minimum Gasteiger partial charge on any atom is -0.462 e. The molecule has 1 aliphatic rings. The van der Waals surface area contributed by atoms with Crippen LogP contribution in [0, 0.1) is 0 Å². The minimum atomic E-state index is -0.376. The zero-order valence-corrected chi connectivity index (χ0v) is 13.4. The van der Waals surface area contributed by atoms with Crippen LogP contribution >= 0.6 is 0 Å². The first-order chi connectivity index (χ1) is 11.7. The van der Waals surface area contributed by atoms with Crippen molar-refractivity contribution in [1.29, 1.82) is 0 Å². The third-order valence-electron chi connectivity index (χ3n) is 3.60. The number of pyridine rings is 1. The van der Waals surface area contributed by atoms with Crippen molar-refractivity contribution in [3.63, 3.8) is 0 Å². The first kappa shape index (κ1) is 16.0. The van der Waals surface area contributed by atoms with Gasteiger partial charge >= 0.3 is 5.97 Å². The number of esters is 1. The number of nitrogens with zero attached hydrogens (tertiary/aromatic N) is 1. The Morgan fingerprint density at radius 1 is 1.12 bits per heavy atom. The van der Waals surface area contributed by atoms with Crippen molar-refractivity contribution in [3.8, 4) is 0 Å². The molecule has 1 aliphatic carbocycles. The van der Waals surface area contributed by atoms with Gasteiger partial charge in [-0.05, 0) is 50.1 Å². The van der Waals surface area contributed by atoms with Gasteiger partial charge in [0.15, 0.2) is 0 Å². The highest BCUT2D eigenvalue weighted by atomic mass is 16.5. The predicted octanol–water partition coefficient (Wildman–Crippen LogP) is 3.08. The second-order valence-electron chi connectivity index (χ2n) is 5.63. The summed E-state index contributed by atoms with van der Waals surface area (Å²) in [4.78, 5) is 28.0. The number of rotatable bonds is 6. The number of hydrogen-bond acceptors (Lipinski definition) is 5. The van der Waals surface area contributed by atoms with Gasteiger partial charge in [-0.1, -0.05) is 0 Å². The fraction of sp³-hybridized carbons (Fsp3) is 0.278. The van der Waals surface area contributed by atoms with Crippen LogP contribution in [0.15, 0.2) is 42.7 Å². The maximum atomic E-state index is 12.3. The molecule has 24 heavy (non-hydrogen) atoms. The molecule has 0 spiro atoms. The summed E-state index contributed by atoms with van der Waals surface area (Å²) in [7, 11) is 0. The molecule has 1 heterocycles. The average Bonchev–Trinajstić information content (AvgIpc) is 3.40. The van der Waals surface area contributed by atoms with Crippen LogP contribution in [0.4, 0.5) is 11.4 Å². The molecule has 0 radical (unpaired) electrons. The molecule has 1 aromatic carbocycles. The van der Waals surface area contributed by atoms with Crippen molar-refractivity contribution in [3.05, 3.63) is 53.9 Å². The zero-order valence-electron chi connectivity index (χ0n) is 13.4. The molecule has 6 nitrogen and oxygen atoms in total. The van der Waals surface area contributed by atoms with Crippen LogP contribution in [0.25, 0.3) is 0 Å². The molecule has 0 bridgehead atoms. The molecular formula is C18H19N3O3. The average molecular weight is 325 g/mol. The summed E-state index contributed by atoms with van der Waals surface area (Å²) in [6, 6.07) is 8.87. The molecule has 2 N–H and O–H groups in total. The van der Waals surface area contributed by atoms with Gasteiger partial charge in [0.1, 0.15) is 0 Å². The Balaban J connectivity index is 1.64. The first-order valence-corrected chi connectivity index (χ1v) is 7.96. The van der Waals surface area contributed by atoms with Crippen LogP contribution in [-0.4, -0.2) is 29.5 Å². The smallest absolute Gasteiger partial charge is 0.338 e. The highest BCUT2D eigenvalue weighted by Gasteiger charge is 2.21. The molecule has 6 heteroatoms. The largest absolute Gasteiger partial charge is 0.462 e. The van der Waals surface area contributed by atoms with Gasteiger partial charge < -0.3 is 15.4 Å². The highest BCUT2D eigenvalue weighted by molar-refractivity contribution is 6.04. The number of benzene rings is 1. The summed E-state index contributed by atoms with van der Waals surface area (Å²) in [5.74, 6) is -0.621. The molecule has 0 unspecified atom stereocenters. The number of aromatic nitrogens is 1. The van der Waals surface area contributed by atoms with E-state index in [1.165, 1.54) is 6.20 Å². The molecule has 1 fully saturated rings. The lowest BCUT2D eigenvalue weighted by atomic mass is 10.2. The topological polar surface area (TPSA) is 80.3 Å². The number of carbonyl (C=O) groups excluding carboxylic acids is 2. The van der Waals surface area contributed by atoms with Gasteiger partial charge in [0.25, 0.3) is 5.91 Å². The van der Waals surface area contributed by atoms with Crippen LogP contribution in [-0.2, 0) is 4.74 Å². The molecule has 2 aromatic rings. The number of anilines is 2. The molecule has 0 atom stereocenters. The summed E-state index contributed by atoms with van der Waals surface area (Å²) in [6.45, 7) is 2.09. The van der Waals surface area contributed by atoms with Gasteiger partial charge in [0, 0.05) is 24.1 Å². The lowest BCUT2D eigenvalue weighted by Gasteiger charge is -2.08. The molecule has 124 valence electrons. The second kappa shape index (κ2) is 7.12. The molecule has 0 aliphatic heterocycles. The Morgan fingerprint density at radius 3 is 2.54 bits per heavy atom. The van der Waals surface area contributed by atoms with Crippen LogP contribution < -0.4 is 10.6 Å². The molecule has 3 rings (SSSR count). The first-order valence-electron chi connectivity index (χ1n) is 7.96. The third kappa shape index (κ3) is 4.10. The van der Waals surface area contributed by atoms with Crippen molar-refractivity contribution in [2.24, 2.45) is 0 Å². The van der Waals surface area contributed by atoms with Crippen LogP contribution in [0.5, 0.6) is 0 Å². The number of hydrogen-bond donors (Lipinski definition) is 2. The summed E-state index contributed by atoms with van der Waals surface area (Å²) in [5.41, 5.74) is 2.39. The predicted molar refractivity (Wildman–Crippen MR) is 91.2 cm³/mol. The monoisotopic (exact) mass is 325 g/mol. The summed E-state index contributed by atoms with van der Waals surface area (Å²) < 4.78 is 4.93. The van der Waals surface area contributed by atoms with Crippen LogP contribution in [0.3, 0.4) is 0 Å².